The molecule has 0 atom stereocenters. The molecule has 1 N–H and O–H groups in total. The Morgan fingerprint density at radius 1 is 1.38 bits per heavy atom. The summed E-state index contributed by atoms with van der Waals surface area (Å²) in [6.07, 6.45) is 0. The molecular formula is C10H14N4OS. The summed E-state index contributed by atoms with van der Waals surface area (Å²) in [6, 6.07) is 0. The van der Waals surface area contributed by atoms with Gasteiger partial charge in [-0.15, -0.1) is 0 Å². The fraction of sp³-hybridized carbons (Fsp3) is 0.600. The molecule has 1 aromatic heterocycles. The molecule has 86 valence electrons. The Hall–Kier alpha value is -1.14. The largest absolute Gasteiger partial charge is 0.346 e. The van der Waals surface area contributed by atoms with Gasteiger partial charge in [-0.05, 0) is 0 Å². The van der Waals surface area contributed by atoms with Crippen molar-refractivity contribution in [1.82, 2.24) is 15.2 Å². The number of anilines is 1. The Morgan fingerprint density at radius 2 is 2.12 bits per heavy atom. The predicted octanol–water partition coefficient (Wildman–Crippen LogP) is 0.138. The predicted molar refractivity (Wildman–Crippen MR) is 63.0 cm³/mol. The highest BCUT2D eigenvalue weighted by molar-refractivity contribution is 7.16. The summed E-state index contributed by atoms with van der Waals surface area (Å²) in [5.74, 6) is 0.0626. The summed E-state index contributed by atoms with van der Waals surface area (Å²) in [6.45, 7) is 4.68. The maximum atomic E-state index is 11.7. The van der Waals surface area contributed by atoms with E-state index in [-0.39, 0.29) is 5.91 Å². The molecule has 6 heteroatoms. The lowest BCUT2D eigenvalue weighted by molar-refractivity contribution is 0.0812. The zero-order valence-electron chi connectivity index (χ0n) is 9.19. The molecule has 1 amide bonds. The van der Waals surface area contributed by atoms with Crippen molar-refractivity contribution in [3.05, 3.63) is 10.6 Å². The van der Waals surface area contributed by atoms with Crippen LogP contribution in [0, 0.1) is 0 Å². The van der Waals surface area contributed by atoms with Crippen LogP contribution in [0.25, 0.3) is 0 Å². The van der Waals surface area contributed by atoms with Gasteiger partial charge in [-0.25, -0.2) is 4.98 Å². The zero-order chi connectivity index (χ0) is 11.1. The summed E-state index contributed by atoms with van der Waals surface area (Å²) in [7, 11) is 1.82. The quantitative estimate of drug-likeness (QED) is 0.756. The van der Waals surface area contributed by atoms with Crippen LogP contribution in [0.5, 0.6) is 0 Å². The van der Waals surface area contributed by atoms with Gasteiger partial charge in [0.25, 0.3) is 5.91 Å². The Balaban J connectivity index is 1.86. The second kappa shape index (κ2) is 3.71. The van der Waals surface area contributed by atoms with Crippen LogP contribution in [-0.2, 0) is 6.54 Å². The Bertz CT molecular complexity index is 424. The molecule has 0 radical (unpaired) electrons. The standard InChI is InChI=1S/C10H14N4OS/c1-13-6-7-8(9(13)15)12-10(16-7)14-4-2-11-3-5-14/h11H,2-6H2,1H3. The van der Waals surface area contributed by atoms with Crippen LogP contribution in [0.4, 0.5) is 5.13 Å². The molecule has 0 saturated carbocycles. The second-order valence-electron chi connectivity index (χ2n) is 4.17. The summed E-state index contributed by atoms with van der Waals surface area (Å²) in [5, 5.41) is 4.32. The SMILES string of the molecule is CN1Cc2sc(N3CCNCC3)nc2C1=O. The molecule has 1 aromatic rings. The van der Waals surface area contributed by atoms with Gasteiger partial charge in [-0.3, -0.25) is 4.79 Å². The van der Waals surface area contributed by atoms with E-state index < -0.39 is 0 Å². The summed E-state index contributed by atoms with van der Waals surface area (Å²) < 4.78 is 0. The van der Waals surface area contributed by atoms with E-state index in [0.29, 0.717) is 5.69 Å². The van der Waals surface area contributed by atoms with Crippen LogP contribution in [0.2, 0.25) is 0 Å². The number of aromatic nitrogens is 1. The van der Waals surface area contributed by atoms with E-state index in [0.717, 1.165) is 42.7 Å². The first-order chi connectivity index (χ1) is 7.75. The smallest absolute Gasteiger partial charge is 0.273 e. The number of hydrogen-bond donors (Lipinski definition) is 1. The number of thiazole rings is 1. The van der Waals surface area contributed by atoms with E-state index in [4.69, 9.17) is 0 Å². The van der Waals surface area contributed by atoms with Crippen LogP contribution in [0.3, 0.4) is 0 Å². The van der Waals surface area contributed by atoms with Crippen molar-refractivity contribution in [1.29, 1.82) is 0 Å². The number of carbonyl (C=O) groups is 1. The van der Waals surface area contributed by atoms with Gasteiger partial charge in [-0.1, -0.05) is 11.3 Å². The average Bonchev–Trinajstić information content (AvgIpc) is 2.82. The molecule has 2 aliphatic heterocycles. The normalized spacial score (nSPS) is 20.4. The lowest BCUT2D eigenvalue weighted by Gasteiger charge is -2.26. The van der Waals surface area contributed by atoms with Crippen LogP contribution in [0.15, 0.2) is 0 Å². The first-order valence-corrected chi connectivity index (χ1v) is 6.28. The molecule has 0 spiro atoms. The number of nitrogens with one attached hydrogen (secondary N) is 1. The highest BCUT2D eigenvalue weighted by Crippen LogP contribution is 2.32. The third kappa shape index (κ3) is 1.49. The maximum absolute atomic E-state index is 11.7. The molecule has 16 heavy (non-hydrogen) atoms. The summed E-state index contributed by atoms with van der Waals surface area (Å²) in [5.41, 5.74) is 0.668. The average molecular weight is 238 g/mol. The van der Waals surface area contributed by atoms with E-state index >= 15 is 0 Å². The Labute approximate surface area is 98.1 Å². The minimum atomic E-state index is 0.0626. The van der Waals surface area contributed by atoms with Gasteiger partial charge in [0, 0.05) is 33.2 Å². The first-order valence-electron chi connectivity index (χ1n) is 5.46. The van der Waals surface area contributed by atoms with Gasteiger partial charge in [0.05, 0.1) is 11.4 Å². The van der Waals surface area contributed by atoms with Gasteiger partial charge in [0.15, 0.2) is 5.13 Å². The topological polar surface area (TPSA) is 48.5 Å². The highest BCUT2D eigenvalue weighted by atomic mass is 32.1. The number of hydrogen-bond acceptors (Lipinski definition) is 5. The van der Waals surface area contributed by atoms with Gasteiger partial charge < -0.3 is 15.1 Å². The number of fused-ring (bicyclic) bond motifs is 1. The third-order valence-electron chi connectivity index (χ3n) is 3.00. The van der Waals surface area contributed by atoms with E-state index in [1.165, 1.54) is 0 Å². The molecule has 5 nitrogen and oxygen atoms in total. The first kappa shape index (κ1) is 10.0. The van der Waals surface area contributed by atoms with Crippen molar-refractivity contribution in [2.75, 3.05) is 38.1 Å². The van der Waals surface area contributed by atoms with Crippen molar-refractivity contribution in [3.8, 4) is 0 Å². The van der Waals surface area contributed by atoms with Crippen LogP contribution < -0.4 is 10.2 Å². The lowest BCUT2D eigenvalue weighted by atomic mass is 10.4. The number of carbonyl (C=O) groups excluding carboxylic acids is 1. The zero-order valence-corrected chi connectivity index (χ0v) is 10.0. The van der Waals surface area contributed by atoms with E-state index in [1.807, 2.05) is 7.05 Å². The van der Waals surface area contributed by atoms with E-state index in [9.17, 15) is 4.79 Å². The molecule has 1 fully saturated rings. The molecule has 3 rings (SSSR count). The minimum Gasteiger partial charge on any atom is -0.346 e. The lowest BCUT2D eigenvalue weighted by Crippen LogP contribution is -2.43. The highest BCUT2D eigenvalue weighted by Gasteiger charge is 2.30. The fourth-order valence-corrected chi connectivity index (χ4v) is 3.23. The van der Waals surface area contributed by atoms with Gasteiger partial charge in [0.1, 0.15) is 5.69 Å². The second-order valence-corrected chi connectivity index (χ2v) is 5.23. The van der Waals surface area contributed by atoms with Crippen LogP contribution in [0.1, 0.15) is 15.4 Å². The molecule has 1 saturated heterocycles. The monoisotopic (exact) mass is 238 g/mol. The molecule has 0 aliphatic carbocycles. The van der Waals surface area contributed by atoms with E-state index in [2.05, 4.69) is 15.2 Å². The van der Waals surface area contributed by atoms with Crippen molar-refractivity contribution >= 4 is 22.4 Å². The molecular weight excluding hydrogens is 224 g/mol. The Kier molecular flexibility index (Phi) is 2.33. The molecule has 3 heterocycles. The van der Waals surface area contributed by atoms with Gasteiger partial charge in [0.2, 0.25) is 0 Å². The molecule has 0 bridgehead atoms. The van der Waals surface area contributed by atoms with Crippen molar-refractivity contribution < 1.29 is 4.79 Å². The van der Waals surface area contributed by atoms with Crippen LogP contribution >= 0.6 is 11.3 Å². The van der Waals surface area contributed by atoms with Crippen molar-refractivity contribution in [2.24, 2.45) is 0 Å². The third-order valence-corrected chi connectivity index (χ3v) is 4.10. The fourth-order valence-electron chi connectivity index (χ4n) is 2.07. The summed E-state index contributed by atoms with van der Waals surface area (Å²) >= 11 is 1.66. The number of amides is 1. The number of piperazine rings is 1. The molecule has 2 aliphatic rings. The van der Waals surface area contributed by atoms with Crippen molar-refractivity contribution in [2.45, 2.75) is 6.54 Å². The number of nitrogens with zero attached hydrogens (tertiary/aromatic N) is 3. The van der Waals surface area contributed by atoms with Gasteiger partial charge in [-0.2, -0.15) is 0 Å². The van der Waals surface area contributed by atoms with Crippen LogP contribution in [-0.4, -0.2) is 49.0 Å². The van der Waals surface area contributed by atoms with Crippen molar-refractivity contribution in [3.63, 3.8) is 0 Å². The Morgan fingerprint density at radius 3 is 2.81 bits per heavy atom. The number of rotatable bonds is 1. The molecule has 0 aromatic carbocycles. The molecule has 0 unspecified atom stereocenters. The maximum Gasteiger partial charge on any atom is 0.273 e. The van der Waals surface area contributed by atoms with E-state index in [1.54, 1.807) is 16.2 Å². The summed E-state index contributed by atoms with van der Waals surface area (Å²) in [4.78, 5) is 21.3. The minimum absolute atomic E-state index is 0.0626. The van der Waals surface area contributed by atoms with Gasteiger partial charge >= 0.3 is 0 Å².